The van der Waals surface area contributed by atoms with Gasteiger partial charge in [-0.3, -0.25) is 4.99 Å². The third-order valence-corrected chi connectivity index (χ3v) is 4.56. The van der Waals surface area contributed by atoms with Crippen LogP contribution in [0.5, 0.6) is 11.5 Å². The lowest BCUT2D eigenvalue weighted by Gasteiger charge is -2.11. The molecule has 0 heterocycles. The van der Waals surface area contributed by atoms with Crippen molar-refractivity contribution in [3.63, 3.8) is 0 Å². The van der Waals surface area contributed by atoms with Gasteiger partial charge in [0.15, 0.2) is 11.5 Å². The lowest BCUT2D eigenvalue weighted by atomic mass is 10.1. The fourth-order valence-electron chi connectivity index (χ4n) is 2.68. The molecular weight excluding hydrogens is 334 g/mol. The number of hydrogen-bond acceptors (Lipinski definition) is 3. The van der Waals surface area contributed by atoms with Gasteiger partial charge in [-0.25, -0.2) is 0 Å². The molecule has 3 aromatic rings. The van der Waals surface area contributed by atoms with E-state index in [4.69, 9.17) is 9.47 Å². The first-order valence-electron chi connectivity index (χ1n) is 9.03. The topological polar surface area (TPSA) is 30.8 Å². The van der Waals surface area contributed by atoms with Crippen LogP contribution in [0.15, 0.2) is 65.7 Å². The van der Waals surface area contributed by atoms with Crippen LogP contribution in [-0.2, 0) is 6.61 Å². The second-order valence-corrected chi connectivity index (χ2v) is 6.71. The average molecular weight is 359 g/mol. The minimum atomic E-state index is 0.507. The molecule has 0 saturated heterocycles. The summed E-state index contributed by atoms with van der Waals surface area (Å²) in [4.78, 5) is 4.56. The third-order valence-electron chi connectivity index (χ3n) is 4.56. The van der Waals surface area contributed by atoms with Gasteiger partial charge in [0.1, 0.15) is 6.61 Å². The average Bonchev–Trinajstić information content (AvgIpc) is 2.68. The highest BCUT2D eigenvalue weighted by atomic mass is 16.5. The number of nitrogens with zero attached hydrogens (tertiary/aromatic N) is 1. The minimum Gasteiger partial charge on any atom is -0.493 e. The lowest BCUT2D eigenvalue weighted by molar-refractivity contribution is 0.284. The Morgan fingerprint density at radius 2 is 1.59 bits per heavy atom. The van der Waals surface area contributed by atoms with Crippen molar-refractivity contribution < 1.29 is 9.47 Å². The Balaban J connectivity index is 1.72. The van der Waals surface area contributed by atoms with Gasteiger partial charge in [0.25, 0.3) is 0 Å². The molecule has 0 aliphatic carbocycles. The van der Waals surface area contributed by atoms with E-state index in [9.17, 15) is 0 Å². The zero-order valence-corrected chi connectivity index (χ0v) is 16.3. The molecule has 0 aliphatic heterocycles. The normalized spacial score (nSPS) is 11.0. The molecule has 3 nitrogen and oxygen atoms in total. The smallest absolute Gasteiger partial charge is 0.161 e. The van der Waals surface area contributed by atoms with Crippen molar-refractivity contribution in [1.82, 2.24) is 0 Å². The fraction of sp³-hybridized carbons (Fsp3) is 0.208. The first-order chi connectivity index (χ1) is 13.0. The van der Waals surface area contributed by atoms with Crippen molar-refractivity contribution in [2.75, 3.05) is 7.11 Å². The minimum absolute atomic E-state index is 0.507. The van der Waals surface area contributed by atoms with Gasteiger partial charge in [-0.05, 0) is 73.4 Å². The molecule has 0 aromatic heterocycles. The van der Waals surface area contributed by atoms with E-state index in [0.717, 1.165) is 22.6 Å². The van der Waals surface area contributed by atoms with Gasteiger partial charge in [-0.2, -0.15) is 0 Å². The largest absolute Gasteiger partial charge is 0.493 e. The second-order valence-electron chi connectivity index (χ2n) is 6.71. The van der Waals surface area contributed by atoms with Crippen LogP contribution < -0.4 is 9.47 Å². The van der Waals surface area contributed by atoms with Gasteiger partial charge in [0.2, 0.25) is 0 Å². The van der Waals surface area contributed by atoms with Crippen LogP contribution in [-0.4, -0.2) is 13.3 Å². The number of hydrogen-bond donors (Lipinski definition) is 0. The SMILES string of the molecule is COc1cc(C=Nc2ccc(C)c(C)c2)ccc1OCc1ccc(C)cc1. The molecule has 0 N–H and O–H groups in total. The molecule has 0 spiro atoms. The van der Waals surface area contributed by atoms with Crippen LogP contribution in [0, 0.1) is 20.8 Å². The molecule has 27 heavy (non-hydrogen) atoms. The Kier molecular flexibility index (Phi) is 5.92. The molecule has 0 bridgehead atoms. The molecule has 0 saturated carbocycles. The summed E-state index contributed by atoms with van der Waals surface area (Å²) in [5.41, 5.74) is 6.78. The molecule has 0 fully saturated rings. The second kappa shape index (κ2) is 8.54. The van der Waals surface area contributed by atoms with Crippen molar-refractivity contribution in [3.8, 4) is 11.5 Å². The van der Waals surface area contributed by atoms with Gasteiger partial charge in [-0.15, -0.1) is 0 Å². The van der Waals surface area contributed by atoms with Crippen molar-refractivity contribution in [3.05, 3.63) is 88.5 Å². The summed E-state index contributed by atoms with van der Waals surface area (Å²) in [5, 5.41) is 0. The monoisotopic (exact) mass is 359 g/mol. The molecule has 138 valence electrons. The molecular formula is C24H25NO2. The molecule has 0 aliphatic rings. The van der Waals surface area contributed by atoms with E-state index in [0.29, 0.717) is 12.4 Å². The predicted molar refractivity (Wildman–Crippen MR) is 112 cm³/mol. The standard InChI is InChI=1S/C24H25NO2/c1-17-5-8-20(9-6-17)16-27-23-12-10-21(14-24(23)26-4)15-25-22-11-7-18(2)19(3)13-22/h5-15H,16H2,1-4H3. The van der Waals surface area contributed by atoms with Gasteiger partial charge in [0, 0.05) is 6.21 Å². The van der Waals surface area contributed by atoms with Crippen molar-refractivity contribution in [2.24, 2.45) is 4.99 Å². The number of methoxy groups -OCH3 is 1. The van der Waals surface area contributed by atoms with Gasteiger partial charge in [-0.1, -0.05) is 35.9 Å². The maximum Gasteiger partial charge on any atom is 0.161 e. The zero-order valence-electron chi connectivity index (χ0n) is 16.3. The Morgan fingerprint density at radius 3 is 2.30 bits per heavy atom. The van der Waals surface area contributed by atoms with E-state index in [1.54, 1.807) is 7.11 Å². The zero-order chi connectivity index (χ0) is 19.2. The Hall–Kier alpha value is -3.07. The van der Waals surface area contributed by atoms with E-state index in [-0.39, 0.29) is 0 Å². The molecule has 3 aromatic carbocycles. The Labute approximate surface area is 161 Å². The molecule has 0 amide bonds. The summed E-state index contributed by atoms with van der Waals surface area (Å²) in [5.74, 6) is 1.42. The number of ether oxygens (including phenoxy) is 2. The van der Waals surface area contributed by atoms with E-state index < -0.39 is 0 Å². The predicted octanol–water partition coefficient (Wildman–Crippen LogP) is 5.95. The number of aryl methyl sites for hydroxylation is 3. The lowest BCUT2D eigenvalue weighted by Crippen LogP contribution is -1.98. The summed E-state index contributed by atoms with van der Waals surface area (Å²) in [6, 6.07) is 20.4. The highest BCUT2D eigenvalue weighted by Gasteiger charge is 2.06. The van der Waals surface area contributed by atoms with E-state index in [1.165, 1.54) is 16.7 Å². The van der Waals surface area contributed by atoms with Crippen LogP contribution in [0.4, 0.5) is 5.69 Å². The van der Waals surface area contributed by atoms with Crippen LogP contribution in [0.3, 0.4) is 0 Å². The highest BCUT2D eigenvalue weighted by molar-refractivity contribution is 5.83. The quantitative estimate of drug-likeness (QED) is 0.509. The first kappa shape index (κ1) is 18.7. The van der Waals surface area contributed by atoms with E-state index >= 15 is 0 Å². The summed E-state index contributed by atoms with van der Waals surface area (Å²) in [6.07, 6.45) is 1.84. The molecule has 0 radical (unpaired) electrons. The molecule has 0 unspecified atom stereocenters. The molecule has 3 rings (SSSR count). The maximum atomic E-state index is 5.93. The number of benzene rings is 3. The van der Waals surface area contributed by atoms with Crippen molar-refractivity contribution >= 4 is 11.9 Å². The summed E-state index contributed by atoms with van der Waals surface area (Å²) >= 11 is 0. The summed E-state index contributed by atoms with van der Waals surface area (Å²) in [6.45, 7) is 6.78. The molecule has 0 atom stereocenters. The molecule has 3 heteroatoms. The van der Waals surface area contributed by atoms with Crippen LogP contribution in [0.2, 0.25) is 0 Å². The Bertz CT molecular complexity index is 943. The first-order valence-corrected chi connectivity index (χ1v) is 9.03. The van der Waals surface area contributed by atoms with Crippen LogP contribution in [0.25, 0.3) is 0 Å². The van der Waals surface area contributed by atoms with Crippen molar-refractivity contribution in [1.29, 1.82) is 0 Å². The van der Waals surface area contributed by atoms with Crippen LogP contribution in [0.1, 0.15) is 27.8 Å². The van der Waals surface area contributed by atoms with Gasteiger partial charge >= 0.3 is 0 Å². The number of aliphatic imine (C=N–C) groups is 1. The fourth-order valence-corrected chi connectivity index (χ4v) is 2.68. The maximum absolute atomic E-state index is 5.93. The van der Waals surface area contributed by atoms with Gasteiger partial charge in [0.05, 0.1) is 12.8 Å². The van der Waals surface area contributed by atoms with Crippen LogP contribution >= 0.6 is 0 Å². The van der Waals surface area contributed by atoms with Crippen molar-refractivity contribution in [2.45, 2.75) is 27.4 Å². The van der Waals surface area contributed by atoms with Gasteiger partial charge < -0.3 is 9.47 Å². The van der Waals surface area contributed by atoms with E-state index in [2.05, 4.69) is 62.2 Å². The third kappa shape index (κ3) is 4.98. The number of rotatable bonds is 6. The highest BCUT2D eigenvalue weighted by Crippen LogP contribution is 2.28. The Morgan fingerprint density at radius 1 is 0.815 bits per heavy atom. The van der Waals surface area contributed by atoms with E-state index in [1.807, 2.05) is 30.5 Å². The summed E-state index contributed by atoms with van der Waals surface area (Å²) in [7, 11) is 1.65. The summed E-state index contributed by atoms with van der Waals surface area (Å²) < 4.78 is 11.4.